The number of ether oxygens (including phenoxy) is 3. The van der Waals surface area contributed by atoms with E-state index >= 15 is 0 Å². The summed E-state index contributed by atoms with van der Waals surface area (Å²) in [7, 11) is 0. The first-order valence-corrected chi connectivity index (χ1v) is 41.6. The zero-order valence-corrected chi connectivity index (χ0v) is 73.4. The van der Waals surface area contributed by atoms with E-state index in [-0.39, 0.29) is 82.7 Å². The van der Waals surface area contributed by atoms with Crippen molar-refractivity contribution in [3.8, 4) is 0 Å². The molecule has 3 N–H and O–H groups in total. The summed E-state index contributed by atoms with van der Waals surface area (Å²) < 4.78 is 30.2. The molecule has 6 aromatic heterocycles. The van der Waals surface area contributed by atoms with Gasteiger partial charge in [-0.25, -0.2) is 24.9 Å². The summed E-state index contributed by atoms with van der Waals surface area (Å²) in [6.45, 7) is 21.0. The van der Waals surface area contributed by atoms with Crippen LogP contribution in [-0.2, 0) is 87.0 Å². The van der Waals surface area contributed by atoms with E-state index in [1.807, 2.05) is 105 Å². The van der Waals surface area contributed by atoms with E-state index in [9.17, 15) is 38.4 Å². The van der Waals surface area contributed by atoms with Crippen molar-refractivity contribution < 1.29 is 33.0 Å². The van der Waals surface area contributed by atoms with Crippen LogP contribution in [-0.4, -0.2) is 97.3 Å². The maximum Gasteiger partial charge on any atom is 0.311 e. The average Bonchev–Trinajstić information content (AvgIpc) is 1.57. The maximum atomic E-state index is 13.6. The lowest BCUT2D eigenvalue weighted by Crippen LogP contribution is -2.31. The van der Waals surface area contributed by atoms with Gasteiger partial charge in [0.25, 0.3) is 27.8 Å². The van der Waals surface area contributed by atoms with Crippen LogP contribution in [0.15, 0.2) is 203 Å². The maximum absolute atomic E-state index is 13.6. The molecule has 0 saturated carbocycles. The Morgan fingerprint density at radius 1 is 0.467 bits per heavy atom. The van der Waals surface area contributed by atoms with Gasteiger partial charge in [-0.05, 0) is 209 Å². The third-order valence-corrected chi connectivity index (χ3v) is 21.8. The van der Waals surface area contributed by atoms with Gasteiger partial charge >= 0.3 is 5.97 Å². The van der Waals surface area contributed by atoms with E-state index in [1.54, 1.807) is 113 Å². The van der Waals surface area contributed by atoms with Crippen LogP contribution in [0.2, 0.25) is 25.1 Å². The highest BCUT2D eigenvalue weighted by Gasteiger charge is 2.27. The fourth-order valence-electron chi connectivity index (χ4n) is 13.2. The molecule has 12 aromatic rings. The Morgan fingerprint density at radius 3 is 1.20 bits per heavy atom. The number of hydrogen-bond acceptors (Lipinski definition) is 19. The largest absolute Gasteiger partial charge is 0.461 e. The Hall–Kier alpha value is -10.5. The Bertz CT molecular complexity index is 5790. The monoisotopic (exact) mass is 1790 g/mol. The number of nitrogens with zero attached hydrogens (tertiary/aromatic N) is 10. The van der Waals surface area contributed by atoms with Crippen LogP contribution in [0.3, 0.4) is 0 Å². The van der Waals surface area contributed by atoms with Crippen molar-refractivity contribution in [1.82, 2.24) is 47.8 Å². The summed E-state index contributed by atoms with van der Waals surface area (Å²) in [4.78, 5) is 122. The number of rotatable bonds is 21. The van der Waals surface area contributed by atoms with Gasteiger partial charge in [-0.2, -0.15) is 0 Å². The summed E-state index contributed by atoms with van der Waals surface area (Å²) >= 11 is 32.7. The second-order valence-electron chi connectivity index (χ2n) is 29.9. The summed E-state index contributed by atoms with van der Waals surface area (Å²) in [6, 6.07) is 42.5. The number of nitrogens with one attached hydrogen (secondary N) is 1. The number of carbonyl (C=O) groups excluding carboxylic acids is 3. The molecule has 14 rings (SSSR count). The molecule has 2 aliphatic rings. The summed E-state index contributed by atoms with van der Waals surface area (Å²) in [6.07, 6.45) is 11.2. The van der Waals surface area contributed by atoms with Crippen LogP contribution in [0.1, 0.15) is 133 Å². The van der Waals surface area contributed by atoms with E-state index in [2.05, 4.69) is 53.1 Å². The zero-order valence-electron chi connectivity index (χ0n) is 68.1. The van der Waals surface area contributed by atoms with Crippen LogP contribution in [0.4, 0.5) is 17.3 Å². The van der Waals surface area contributed by atoms with Gasteiger partial charge in [-0.1, -0.05) is 126 Å². The van der Waals surface area contributed by atoms with Gasteiger partial charge in [0.2, 0.25) is 5.95 Å². The lowest BCUT2D eigenvalue weighted by atomic mass is 9.92. The van der Waals surface area contributed by atoms with Crippen molar-refractivity contribution in [3.63, 3.8) is 0 Å². The van der Waals surface area contributed by atoms with E-state index in [0.717, 1.165) is 75.1 Å². The number of carbonyl (C=O) groups is 3. The van der Waals surface area contributed by atoms with Gasteiger partial charge in [0, 0.05) is 135 Å². The molecule has 8 heterocycles. The lowest BCUT2D eigenvalue weighted by Gasteiger charge is -2.21. The van der Waals surface area contributed by atoms with Crippen molar-refractivity contribution in [2.24, 2.45) is 11.8 Å². The molecule has 2 saturated heterocycles. The smallest absolute Gasteiger partial charge is 0.311 e. The number of aryl methyl sites for hydroxylation is 6. The number of ketones is 2. The Labute approximate surface area is 727 Å². The van der Waals surface area contributed by atoms with Crippen molar-refractivity contribution in [3.05, 3.63) is 331 Å². The van der Waals surface area contributed by atoms with E-state index < -0.39 is 11.6 Å². The quantitative estimate of drug-likeness (QED) is 0.0631. The lowest BCUT2D eigenvalue weighted by molar-refractivity contribution is -0.154. The first-order valence-electron chi connectivity index (χ1n) is 39.0. The molecule has 2 fully saturated rings. The van der Waals surface area contributed by atoms with Gasteiger partial charge in [0.15, 0.2) is 0 Å². The van der Waals surface area contributed by atoms with Crippen LogP contribution in [0, 0.1) is 46.5 Å². The molecule has 6 aromatic carbocycles. The minimum Gasteiger partial charge on any atom is -0.461 e. The number of hydrogen-bond donors (Lipinski definition) is 2. The molecule has 24 nitrogen and oxygen atoms in total. The fraction of sp³-hybridized carbons (Fsp3) is 0.322. The molecule has 2 aliphatic heterocycles. The molecule has 628 valence electrons. The molecule has 0 amide bonds. The molecular formula is C90H94BrCl5N12O12. The molecule has 0 bridgehead atoms. The standard InChI is InChI=1S/C29H30ClN3O4.C19H21ClN2O3.C18H21ClN2O3.C12H10BrClN2O.C12H12ClN3O/c1-3-26-18(2)24-15-23(8-9-27(24)37-26)32-29-31-16-21(14-25(34)20-10-12-36-13-11-20)28(35)33(29)17-19-4-6-22(30)7-5-19;1-13-21-11-16(10-18(23)15-6-8-25-9-7-15)19(24)22(13)12-14-2-4-17(20)5-3-14;1-12-20-10-14(9-16(22)24-18(2,3)4)17(23)21(12)11-13-5-7-15(19)8-6-13;1-8-15-6-11(13)12(17)16(8)7-9-2-4-10(14)5-3-9;1-8-15-6-11(14)12(17)16(8)7-9-2-4-10(13)5-3-9/h4-9,15-16,20H,3,10-14,17H2,1-2H3,(H,31,32);2-5,11,15H,6-10,12H2,1H3;5-8,10H,9,11H2,1-4H3;2-6H,7H2,1H3;2-6H,7,14H2,1H3. The molecule has 0 spiro atoms. The number of aromatic nitrogens is 10. The first-order chi connectivity index (χ1) is 57.3. The average molecular weight is 1790 g/mol. The third kappa shape index (κ3) is 26.0. The number of halogens is 6. The van der Waals surface area contributed by atoms with Crippen molar-refractivity contribution in [2.75, 3.05) is 37.5 Å². The predicted molar refractivity (Wildman–Crippen MR) is 474 cm³/mol. The van der Waals surface area contributed by atoms with Crippen LogP contribution in [0.5, 0.6) is 0 Å². The van der Waals surface area contributed by atoms with Crippen molar-refractivity contribution >= 4 is 120 Å². The summed E-state index contributed by atoms with van der Waals surface area (Å²) in [5.74, 6) is 3.54. The van der Waals surface area contributed by atoms with Gasteiger partial charge < -0.3 is 29.7 Å². The summed E-state index contributed by atoms with van der Waals surface area (Å²) in [5.41, 5.74) is 12.9. The highest BCUT2D eigenvalue weighted by molar-refractivity contribution is 9.10. The van der Waals surface area contributed by atoms with Crippen LogP contribution in [0.25, 0.3) is 11.0 Å². The fourth-order valence-corrected chi connectivity index (χ4v) is 14.1. The second kappa shape index (κ2) is 43.1. The third-order valence-electron chi connectivity index (χ3n) is 20.0. The number of Topliss-reactive ketones (excluding diaryl/α,β-unsaturated/α-hetero) is 2. The minimum atomic E-state index is -0.586. The molecule has 0 aliphatic carbocycles. The SMILES string of the molecule is CCc1oc2ccc(Nc3ncc(CC(=O)C4CCOCC4)c(=O)n3Cc3ccc(Cl)cc3)cc2c1C.Cc1ncc(Br)c(=O)n1Cc1ccc(Cl)cc1.Cc1ncc(CC(=O)C2CCOCC2)c(=O)n1Cc1ccc(Cl)cc1.Cc1ncc(CC(=O)OC(C)(C)C)c(=O)n1Cc1ccc(Cl)cc1.Cc1ncc(N)c(=O)n1Cc1ccc(Cl)cc1. The van der Waals surface area contributed by atoms with Crippen LogP contribution < -0.4 is 38.8 Å². The Kier molecular flexibility index (Phi) is 33.0. The number of benzene rings is 6. The first kappa shape index (κ1) is 91.8. The molecule has 120 heavy (non-hydrogen) atoms. The Morgan fingerprint density at radius 2 is 0.808 bits per heavy atom. The molecule has 0 atom stereocenters. The van der Waals surface area contributed by atoms with E-state index in [0.29, 0.717) is 141 Å². The summed E-state index contributed by atoms with van der Waals surface area (Å²) in [5, 5.41) is 7.61. The van der Waals surface area contributed by atoms with Gasteiger partial charge in [0.05, 0.1) is 45.3 Å². The number of anilines is 3. The molecule has 30 heteroatoms. The predicted octanol–water partition coefficient (Wildman–Crippen LogP) is 16.6. The second-order valence-corrected chi connectivity index (χ2v) is 33.0. The zero-order chi connectivity index (χ0) is 86.5. The molecule has 0 radical (unpaired) electrons. The highest BCUT2D eigenvalue weighted by atomic mass is 79.9. The van der Waals surface area contributed by atoms with E-state index in [1.165, 1.54) is 31.0 Å². The highest BCUT2D eigenvalue weighted by Crippen LogP contribution is 2.30. The number of nitrogen functional groups attached to an aromatic ring is 1. The Balaban J connectivity index is 0.000000163. The van der Waals surface area contributed by atoms with E-state index in [4.69, 9.17) is 82.4 Å². The normalized spacial score (nSPS) is 12.8. The number of esters is 1. The number of fused-ring (bicyclic) bond motifs is 1. The molecular weight excluding hydrogens is 1700 g/mol. The van der Waals surface area contributed by atoms with Crippen LogP contribution >= 0.6 is 73.9 Å². The molecule has 0 unspecified atom stereocenters. The van der Waals surface area contributed by atoms with Crippen molar-refractivity contribution in [1.29, 1.82) is 0 Å². The van der Waals surface area contributed by atoms with Gasteiger partial charge in [0.1, 0.15) is 62.0 Å². The van der Waals surface area contributed by atoms with Gasteiger partial charge in [-0.15, -0.1) is 0 Å². The van der Waals surface area contributed by atoms with Crippen molar-refractivity contribution in [2.45, 2.75) is 152 Å². The number of furan rings is 1. The van der Waals surface area contributed by atoms with Gasteiger partial charge in [-0.3, -0.25) is 61.2 Å². The topological polar surface area (TPSA) is 305 Å². The number of nitrogens with two attached hydrogens (primary N) is 1. The minimum absolute atomic E-state index is 0.0147.